The van der Waals surface area contributed by atoms with Gasteiger partial charge >= 0.3 is 0 Å². The van der Waals surface area contributed by atoms with E-state index in [-0.39, 0.29) is 0 Å². The van der Waals surface area contributed by atoms with Gasteiger partial charge in [0.15, 0.2) is 0 Å². The van der Waals surface area contributed by atoms with Crippen LogP contribution in [0.1, 0.15) is 258 Å². The van der Waals surface area contributed by atoms with Crippen LogP contribution in [0.4, 0.5) is 0 Å². The molecule has 0 aromatic rings. The van der Waals surface area contributed by atoms with E-state index >= 15 is 0 Å². The minimum atomic E-state index is 1.37. The van der Waals surface area contributed by atoms with E-state index in [0.717, 1.165) is 0 Å². The molecule has 0 unspecified atom stereocenters. The van der Waals surface area contributed by atoms with Crippen molar-refractivity contribution in [2.45, 2.75) is 258 Å². The van der Waals surface area contributed by atoms with Gasteiger partial charge < -0.3 is 0 Å². The molecule has 0 aromatic carbocycles. The Balaban J connectivity index is 3.02. The largest absolute Gasteiger partial charge is 0.162 e. The van der Waals surface area contributed by atoms with E-state index < -0.39 is 0 Å². The Bertz CT molecular complexity index is 406. The molecule has 0 bridgehead atoms. The number of thioether (sulfide) groups is 1. The molecular weight excluding hydrogens is 537 g/mol. The van der Waals surface area contributed by atoms with Gasteiger partial charge in [-0.3, -0.25) is 0 Å². The lowest BCUT2D eigenvalue weighted by Gasteiger charge is -2.05. The molecule has 260 valence electrons. The maximum absolute atomic E-state index is 2.31. The lowest BCUT2D eigenvalue weighted by Crippen LogP contribution is -1.87. The van der Waals surface area contributed by atoms with Gasteiger partial charge in [-0.25, -0.2) is 0 Å². The summed E-state index contributed by atoms with van der Waals surface area (Å²) in [6.45, 7) is 4.62. The normalized spacial score (nSPS) is 11.6. The summed E-state index contributed by atoms with van der Waals surface area (Å²) in [5.74, 6) is 2.83. The standard InChI is InChI=1S/C42H86S/c1-3-5-7-9-11-13-15-17-18-19-20-21-22-23-24-25-26-27-28-29-30-32-34-36-38-40-42-43-41-39-37-35-33-31-16-14-12-10-8-6-4-2/h3-42H2,1-2H3. The Morgan fingerprint density at radius 1 is 0.186 bits per heavy atom. The zero-order chi connectivity index (χ0) is 31.0. The van der Waals surface area contributed by atoms with Crippen molar-refractivity contribution < 1.29 is 0 Å². The van der Waals surface area contributed by atoms with Crippen LogP contribution in [0.3, 0.4) is 0 Å². The predicted octanol–water partition coefficient (Wildman–Crippen LogP) is 16.6. The molecule has 0 N–H and O–H groups in total. The summed E-state index contributed by atoms with van der Waals surface area (Å²) in [5, 5.41) is 0. The molecule has 0 aliphatic carbocycles. The van der Waals surface area contributed by atoms with Crippen LogP contribution in [0.5, 0.6) is 0 Å². The van der Waals surface area contributed by atoms with Crippen LogP contribution in [0.2, 0.25) is 0 Å². The Labute approximate surface area is 280 Å². The molecule has 0 saturated carbocycles. The fourth-order valence-corrected chi connectivity index (χ4v) is 7.69. The molecule has 0 radical (unpaired) electrons. The van der Waals surface area contributed by atoms with Gasteiger partial charge in [0.2, 0.25) is 0 Å². The molecule has 0 amide bonds. The Morgan fingerprint density at radius 2 is 0.326 bits per heavy atom. The first-order chi connectivity index (χ1) is 21.4. The Kier molecular flexibility index (Phi) is 42.7. The third-order valence-electron chi connectivity index (χ3n) is 9.78. The van der Waals surface area contributed by atoms with E-state index in [1.165, 1.54) is 255 Å². The van der Waals surface area contributed by atoms with Gasteiger partial charge in [0.25, 0.3) is 0 Å². The summed E-state index contributed by atoms with van der Waals surface area (Å²) in [5.41, 5.74) is 0. The third kappa shape index (κ3) is 42.4. The Morgan fingerprint density at radius 3 is 0.488 bits per heavy atom. The molecule has 0 aliphatic rings. The van der Waals surface area contributed by atoms with Gasteiger partial charge in [0.05, 0.1) is 0 Å². The molecule has 43 heavy (non-hydrogen) atoms. The van der Waals surface area contributed by atoms with Crippen LogP contribution >= 0.6 is 11.8 Å². The molecular formula is C42H86S. The molecule has 0 heterocycles. The smallest absolute Gasteiger partial charge is 0.00675 e. The Hall–Kier alpha value is 0.350. The van der Waals surface area contributed by atoms with Crippen molar-refractivity contribution in [2.75, 3.05) is 11.5 Å². The van der Waals surface area contributed by atoms with Crippen molar-refractivity contribution in [3.05, 3.63) is 0 Å². The second kappa shape index (κ2) is 42.3. The highest BCUT2D eigenvalue weighted by atomic mass is 32.2. The van der Waals surface area contributed by atoms with Crippen molar-refractivity contribution in [1.29, 1.82) is 0 Å². The lowest BCUT2D eigenvalue weighted by molar-refractivity contribution is 0.516. The first-order valence-electron chi connectivity index (χ1n) is 21.0. The van der Waals surface area contributed by atoms with E-state index in [1.54, 1.807) is 0 Å². The van der Waals surface area contributed by atoms with Crippen molar-refractivity contribution >= 4 is 11.8 Å². The fraction of sp³-hybridized carbons (Fsp3) is 1.00. The van der Waals surface area contributed by atoms with Gasteiger partial charge in [0, 0.05) is 0 Å². The highest BCUT2D eigenvalue weighted by Gasteiger charge is 1.98. The summed E-state index contributed by atoms with van der Waals surface area (Å²) >= 11 is 2.23. The quantitative estimate of drug-likeness (QED) is 0.0613. The van der Waals surface area contributed by atoms with Crippen molar-refractivity contribution in [3.63, 3.8) is 0 Å². The van der Waals surface area contributed by atoms with Gasteiger partial charge in [-0.05, 0) is 24.3 Å². The maximum atomic E-state index is 2.31. The molecule has 0 nitrogen and oxygen atoms in total. The minimum Gasteiger partial charge on any atom is -0.162 e. The molecule has 0 fully saturated rings. The summed E-state index contributed by atoms with van der Waals surface area (Å²) in [7, 11) is 0. The summed E-state index contributed by atoms with van der Waals surface area (Å²) in [6, 6.07) is 0. The highest BCUT2D eigenvalue weighted by molar-refractivity contribution is 7.99. The van der Waals surface area contributed by atoms with E-state index in [1.807, 2.05) is 0 Å². The molecule has 0 aromatic heterocycles. The number of unbranched alkanes of at least 4 members (excludes halogenated alkanes) is 36. The van der Waals surface area contributed by atoms with Crippen molar-refractivity contribution in [3.8, 4) is 0 Å². The van der Waals surface area contributed by atoms with Crippen molar-refractivity contribution in [1.82, 2.24) is 0 Å². The molecule has 0 spiro atoms. The van der Waals surface area contributed by atoms with Crippen LogP contribution in [-0.2, 0) is 0 Å². The lowest BCUT2D eigenvalue weighted by atomic mass is 10.0. The van der Waals surface area contributed by atoms with E-state index in [4.69, 9.17) is 0 Å². The second-order valence-corrected chi connectivity index (χ2v) is 15.6. The van der Waals surface area contributed by atoms with Crippen LogP contribution in [0.15, 0.2) is 0 Å². The topological polar surface area (TPSA) is 0 Å². The average Bonchev–Trinajstić information content (AvgIpc) is 3.02. The van der Waals surface area contributed by atoms with Crippen LogP contribution in [-0.4, -0.2) is 11.5 Å². The van der Waals surface area contributed by atoms with E-state index in [2.05, 4.69) is 25.6 Å². The number of hydrogen-bond donors (Lipinski definition) is 0. The maximum Gasteiger partial charge on any atom is -0.00675 e. The minimum absolute atomic E-state index is 1.37. The monoisotopic (exact) mass is 623 g/mol. The second-order valence-electron chi connectivity index (χ2n) is 14.3. The molecule has 0 saturated heterocycles. The summed E-state index contributed by atoms with van der Waals surface area (Å²) in [6.07, 6.45) is 56.2. The zero-order valence-corrected chi connectivity index (χ0v) is 31.5. The molecule has 0 rings (SSSR count). The van der Waals surface area contributed by atoms with Gasteiger partial charge in [-0.1, -0.05) is 245 Å². The van der Waals surface area contributed by atoms with Crippen LogP contribution < -0.4 is 0 Å². The molecule has 0 atom stereocenters. The third-order valence-corrected chi connectivity index (χ3v) is 10.9. The van der Waals surface area contributed by atoms with Crippen molar-refractivity contribution in [2.24, 2.45) is 0 Å². The highest BCUT2D eigenvalue weighted by Crippen LogP contribution is 2.17. The number of hydrogen-bond acceptors (Lipinski definition) is 1. The van der Waals surface area contributed by atoms with Crippen LogP contribution in [0.25, 0.3) is 0 Å². The molecule has 0 aliphatic heterocycles. The first-order valence-corrected chi connectivity index (χ1v) is 22.1. The first kappa shape index (κ1) is 43.4. The van der Waals surface area contributed by atoms with Gasteiger partial charge in [-0.2, -0.15) is 11.8 Å². The average molecular weight is 623 g/mol. The van der Waals surface area contributed by atoms with E-state index in [9.17, 15) is 0 Å². The summed E-state index contributed by atoms with van der Waals surface area (Å²) < 4.78 is 0. The molecule has 1 heteroatoms. The van der Waals surface area contributed by atoms with Crippen LogP contribution in [0, 0.1) is 0 Å². The fourth-order valence-electron chi connectivity index (χ4n) is 6.67. The zero-order valence-electron chi connectivity index (χ0n) is 30.7. The van der Waals surface area contributed by atoms with Gasteiger partial charge in [0.1, 0.15) is 0 Å². The summed E-state index contributed by atoms with van der Waals surface area (Å²) in [4.78, 5) is 0. The predicted molar refractivity (Wildman–Crippen MR) is 204 cm³/mol. The van der Waals surface area contributed by atoms with E-state index in [0.29, 0.717) is 0 Å². The van der Waals surface area contributed by atoms with Gasteiger partial charge in [-0.15, -0.1) is 0 Å². The SMILES string of the molecule is CCCCCCCCCCCCCCCCCCCCCCCCCCCCSCCCCCCCCCCCCCC. The number of rotatable bonds is 40.